The molecule has 8 heteroatoms. The molecular formula is C23H22BrN3O4. The third-order valence-corrected chi connectivity index (χ3v) is 4.09. The van der Waals surface area contributed by atoms with Crippen LogP contribution in [0.15, 0.2) is 83.9 Å². The first kappa shape index (κ1) is 23.6. The van der Waals surface area contributed by atoms with E-state index in [9.17, 15) is 9.59 Å². The number of benzene rings is 3. The number of esters is 2. The fraction of sp³-hybridized carbons (Fsp3) is 0.0870. The predicted octanol–water partition coefficient (Wildman–Crippen LogP) is 3.67. The van der Waals surface area contributed by atoms with Crippen LogP contribution in [0.1, 0.15) is 21.5 Å². The summed E-state index contributed by atoms with van der Waals surface area (Å²) in [7, 11) is 0. The molecule has 0 aliphatic rings. The lowest BCUT2D eigenvalue weighted by molar-refractivity contribution is -0.144. The van der Waals surface area contributed by atoms with Crippen molar-refractivity contribution in [1.29, 1.82) is 0 Å². The van der Waals surface area contributed by atoms with Crippen molar-refractivity contribution < 1.29 is 19.1 Å². The molecule has 0 saturated carbocycles. The Morgan fingerprint density at radius 1 is 0.806 bits per heavy atom. The Balaban J connectivity index is 0.00000341. The average molecular weight is 484 g/mol. The maximum atomic E-state index is 12.2. The van der Waals surface area contributed by atoms with Gasteiger partial charge in [0.1, 0.15) is 12.4 Å². The summed E-state index contributed by atoms with van der Waals surface area (Å²) in [6.07, 6.45) is 0.132. The van der Waals surface area contributed by atoms with Gasteiger partial charge >= 0.3 is 11.9 Å². The van der Waals surface area contributed by atoms with Gasteiger partial charge in [-0.15, -0.1) is 17.0 Å². The van der Waals surface area contributed by atoms with Gasteiger partial charge in [0.15, 0.2) is 5.96 Å². The van der Waals surface area contributed by atoms with Crippen LogP contribution in [-0.2, 0) is 22.6 Å². The van der Waals surface area contributed by atoms with Crippen molar-refractivity contribution >= 4 is 40.6 Å². The monoisotopic (exact) mass is 483 g/mol. The normalized spacial score (nSPS) is 9.81. The van der Waals surface area contributed by atoms with Gasteiger partial charge in [-0.05, 0) is 47.5 Å². The Morgan fingerprint density at radius 3 is 2.06 bits per heavy atom. The van der Waals surface area contributed by atoms with Crippen LogP contribution in [0.25, 0.3) is 0 Å². The zero-order valence-electron chi connectivity index (χ0n) is 16.6. The Kier molecular flexibility index (Phi) is 8.78. The van der Waals surface area contributed by atoms with Gasteiger partial charge in [-0.3, -0.25) is 4.79 Å². The molecule has 160 valence electrons. The highest BCUT2D eigenvalue weighted by Gasteiger charge is 2.10. The second-order valence-corrected chi connectivity index (χ2v) is 6.44. The van der Waals surface area contributed by atoms with E-state index < -0.39 is 5.97 Å². The SMILES string of the molecule is Br.NC(N)=Nc1ccc(C(=O)Oc2ccc(CC(=O)OCc3ccccc3)cc2)cc1. The molecule has 0 radical (unpaired) electrons. The molecule has 31 heavy (non-hydrogen) atoms. The van der Waals surface area contributed by atoms with Gasteiger partial charge < -0.3 is 20.9 Å². The van der Waals surface area contributed by atoms with Crippen molar-refractivity contribution in [2.24, 2.45) is 16.5 Å². The van der Waals surface area contributed by atoms with Crippen LogP contribution in [0.4, 0.5) is 5.69 Å². The molecule has 0 amide bonds. The molecule has 0 heterocycles. The molecule has 3 aromatic carbocycles. The topological polar surface area (TPSA) is 117 Å². The molecule has 0 aliphatic carbocycles. The van der Waals surface area contributed by atoms with Gasteiger partial charge in [0.2, 0.25) is 0 Å². The summed E-state index contributed by atoms with van der Waals surface area (Å²) in [6.45, 7) is 0.233. The molecular weight excluding hydrogens is 462 g/mol. The number of carbonyl (C=O) groups is 2. The number of halogens is 1. The predicted molar refractivity (Wildman–Crippen MR) is 124 cm³/mol. The highest BCUT2D eigenvalue weighted by molar-refractivity contribution is 8.93. The maximum Gasteiger partial charge on any atom is 0.343 e. The average Bonchev–Trinajstić information content (AvgIpc) is 2.74. The second-order valence-electron chi connectivity index (χ2n) is 6.44. The zero-order chi connectivity index (χ0) is 21.3. The van der Waals surface area contributed by atoms with Gasteiger partial charge in [0.05, 0.1) is 17.7 Å². The maximum absolute atomic E-state index is 12.2. The summed E-state index contributed by atoms with van der Waals surface area (Å²) < 4.78 is 10.6. The van der Waals surface area contributed by atoms with Crippen molar-refractivity contribution in [3.63, 3.8) is 0 Å². The van der Waals surface area contributed by atoms with Gasteiger partial charge in [0.25, 0.3) is 0 Å². The lowest BCUT2D eigenvalue weighted by atomic mass is 10.1. The quantitative estimate of drug-likeness (QED) is 0.229. The minimum Gasteiger partial charge on any atom is -0.461 e. The number of carbonyl (C=O) groups excluding carboxylic acids is 2. The number of nitrogens with zero attached hydrogens (tertiary/aromatic N) is 1. The molecule has 0 saturated heterocycles. The Morgan fingerprint density at radius 2 is 1.45 bits per heavy atom. The second kappa shape index (κ2) is 11.5. The van der Waals surface area contributed by atoms with Crippen molar-refractivity contribution in [3.8, 4) is 5.75 Å². The van der Waals surface area contributed by atoms with Crippen molar-refractivity contribution in [2.45, 2.75) is 13.0 Å². The van der Waals surface area contributed by atoms with E-state index in [2.05, 4.69) is 4.99 Å². The van der Waals surface area contributed by atoms with Crippen LogP contribution >= 0.6 is 17.0 Å². The summed E-state index contributed by atoms with van der Waals surface area (Å²) >= 11 is 0. The lowest BCUT2D eigenvalue weighted by Crippen LogP contribution is -2.21. The minimum absolute atomic E-state index is 0. The van der Waals surface area contributed by atoms with Crippen LogP contribution in [0.2, 0.25) is 0 Å². The third-order valence-electron chi connectivity index (χ3n) is 4.09. The van der Waals surface area contributed by atoms with Gasteiger partial charge in [-0.2, -0.15) is 0 Å². The van der Waals surface area contributed by atoms with E-state index in [0.29, 0.717) is 17.0 Å². The third kappa shape index (κ3) is 7.60. The van der Waals surface area contributed by atoms with Crippen molar-refractivity contribution in [2.75, 3.05) is 0 Å². The Hall–Kier alpha value is -3.65. The number of guanidine groups is 1. The fourth-order valence-electron chi connectivity index (χ4n) is 2.62. The van der Waals surface area contributed by atoms with E-state index in [4.69, 9.17) is 20.9 Å². The number of aliphatic imine (C=N–C) groups is 1. The first-order valence-corrected chi connectivity index (χ1v) is 9.20. The first-order chi connectivity index (χ1) is 14.5. The van der Waals surface area contributed by atoms with E-state index in [0.717, 1.165) is 11.1 Å². The molecule has 4 N–H and O–H groups in total. The molecule has 3 rings (SSSR count). The van der Waals surface area contributed by atoms with Crippen LogP contribution < -0.4 is 16.2 Å². The molecule has 0 fully saturated rings. The van der Waals surface area contributed by atoms with Crippen molar-refractivity contribution in [1.82, 2.24) is 0 Å². The first-order valence-electron chi connectivity index (χ1n) is 9.20. The van der Waals surface area contributed by atoms with E-state index in [-0.39, 0.29) is 41.9 Å². The van der Waals surface area contributed by atoms with Gasteiger partial charge in [-0.1, -0.05) is 42.5 Å². The lowest BCUT2D eigenvalue weighted by Gasteiger charge is -2.07. The highest BCUT2D eigenvalue weighted by atomic mass is 79.9. The van der Waals surface area contributed by atoms with Crippen LogP contribution in [-0.4, -0.2) is 17.9 Å². The molecule has 0 aliphatic heterocycles. The summed E-state index contributed by atoms with van der Waals surface area (Å²) in [5.74, 6) is -0.533. The van der Waals surface area contributed by atoms with Crippen LogP contribution in [0.3, 0.4) is 0 Å². The molecule has 0 atom stereocenters. The smallest absolute Gasteiger partial charge is 0.343 e. The molecule has 3 aromatic rings. The van der Waals surface area contributed by atoms with Crippen molar-refractivity contribution in [3.05, 3.63) is 95.6 Å². The number of ether oxygens (including phenoxy) is 2. The number of hydrogen-bond acceptors (Lipinski definition) is 5. The summed E-state index contributed by atoms with van der Waals surface area (Å²) in [5, 5.41) is 0. The summed E-state index contributed by atoms with van der Waals surface area (Å²) in [4.78, 5) is 28.1. The zero-order valence-corrected chi connectivity index (χ0v) is 18.3. The van der Waals surface area contributed by atoms with Crippen LogP contribution in [0.5, 0.6) is 5.75 Å². The number of rotatable bonds is 7. The van der Waals surface area contributed by atoms with E-state index in [1.54, 1.807) is 48.5 Å². The van der Waals surface area contributed by atoms with E-state index >= 15 is 0 Å². The summed E-state index contributed by atoms with van der Waals surface area (Å²) in [5.41, 5.74) is 13.2. The number of nitrogens with two attached hydrogens (primary N) is 2. The molecule has 0 aromatic heterocycles. The summed E-state index contributed by atoms with van der Waals surface area (Å²) in [6, 6.07) is 22.5. The molecule has 0 bridgehead atoms. The molecule has 0 unspecified atom stereocenters. The van der Waals surface area contributed by atoms with E-state index in [1.807, 2.05) is 30.3 Å². The number of hydrogen-bond donors (Lipinski definition) is 2. The minimum atomic E-state index is -0.513. The highest BCUT2D eigenvalue weighted by Crippen LogP contribution is 2.17. The Bertz CT molecular complexity index is 1030. The molecule has 0 spiro atoms. The van der Waals surface area contributed by atoms with E-state index in [1.165, 1.54) is 0 Å². The van der Waals surface area contributed by atoms with Crippen LogP contribution in [0, 0.1) is 0 Å². The van der Waals surface area contributed by atoms with Gasteiger partial charge in [-0.25, -0.2) is 9.79 Å². The van der Waals surface area contributed by atoms with Gasteiger partial charge in [0, 0.05) is 0 Å². The standard InChI is InChI=1S/C23H21N3O4.BrH/c24-23(25)26-19-10-8-18(9-11-19)22(28)30-20-12-6-16(7-13-20)14-21(27)29-15-17-4-2-1-3-5-17;/h1-13H,14-15H2,(H4,24,25,26);1H. The molecule has 7 nitrogen and oxygen atoms in total. The fourth-order valence-corrected chi connectivity index (χ4v) is 2.62. The Labute approximate surface area is 190 Å². The largest absolute Gasteiger partial charge is 0.461 e.